The molecule has 2 fully saturated rings. The van der Waals surface area contributed by atoms with Crippen LogP contribution in [0.5, 0.6) is 0 Å². The highest BCUT2D eigenvalue weighted by Crippen LogP contribution is 2.39. The van der Waals surface area contributed by atoms with Crippen molar-refractivity contribution in [2.45, 2.75) is 25.8 Å². The van der Waals surface area contributed by atoms with E-state index >= 15 is 0 Å². The van der Waals surface area contributed by atoms with E-state index in [-0.39, 0.29) is 11.7 Å². The maximum Gasteiger partial charge on any atom is 0.276 e. The van der Waals surface area contributed by atoms with Crippen LogP contribution in [-0.2, 0) is 4.74 Å². The van der Waals surface area contributed by atoms with Crippen LogP contribution < -0.4 is 15.8 Å². The van der Waals surface area contributed by atoms with Crippen molar-refractivity contribution in [3.8, 4) is 5.69 Å². The number of benzene rings is 2. The van der Waals surface area contributed by atoms with Crippen molar-refractivity contribution >= 4 is 28.2 Å². The molecule has 0 unspecified atom stereocenters. The Morgan fingerprint density at radius 3 is 2.61 bits per heavy atom. The fourth-order valence-corrected chi connectivity index (χ4v) is 5.26. The summed E-state index contributed by atoms with van der Waals surface area (Å²) in [6.07, 6.45) is 3.73. The Hall–Kier alpha value is -4.12. The fraction of sp³-hybridized carbons (Fsp3) is 0.333. The topological polar surface area (TPSA) is 94.3 Å². The third-order valence-electron chi connectivity index (χ3n) is 7.17. The number of nitrogens with one attached hydrogen (secondary N) is 1. The molecule has 2 saturated heterocycles. The smallest absolute Gasteiger partial charge is 0.276 e. The van der Waals surface area contributed by atoms with Crippen molar-refractivity contribution < 1.29 is 18.3 Å². The minimum Gasteiger partial charge on any atom is -0.379 e. The van der Waals surface area contributed by atoms with E-state index in [4.69, 9.17) is 4.74 Å². The van der Waals surface area contributed by atoms with Gasteiger partial charge in [0.2, 0.25) is 0 Å². The number of hydrogen-bond donors (Lipinski definition) is 1. The standard InChI is InChI=1S/C27H26F2N6O3/c1-16-9-11-33(14-16)25-18-13-30-34(17-10-12-38-15-17)23(18)7-5-21(25)31-27(37)22-6-8-24(36)35(32-22)26-19(28)3-2-4-20(26)29/h2-8,13,16-17H,9-12,14-15H2,1H3,(H,31,37)/t16-,17-/m0/s1. The van der Waals surface area contributed by atoms with Crippen LogP contribution in [0.4, 0.5) is 20.2 Å². The van der Waals surface area contributed by atoms with Crippen LogP contribution in [0, 0.1) is 17.6 Å². The Morgan fingerprint density at radius 1 is 1.08 bits per heavy atom. The molecule has 4 aromatic rings. The molecule has 38 heavy (non-hydrogen) atoms. The molecule has 1 amide bonds. The largest absolute Gasteiger partial charge is 0.379 e. The zero-order valence-electron chi connectivity index (χ0n) is 20.7. The number of hydrogen-bond acceptors (Lipinski definition) is 6. The van der Waals surface area contributed by atoms with E-state index in [0.29, 0.717) is 29.5 Å². The Kier molecular flexibility index (Phi) is 6.15. The zero-order valence-corrected chi connectivity index (χ0v) is 20.7. The summed E-state index contributed by atoms with van der Waals surface area (Å²) in [5.74, 6) is -2.04. The summed E-state index contributed by atoms with van der Waals surface area (Å²) in [7, 11) is 0. The van der Waals surface area contributed by atoms with E-state index in [9.17, 15) is 18.4 Å². The van der Waals surface area contributed by atoms with Gasteiger partial charge in [0.25, 0.3) is 11.5 Å². The molecule has 9 nitrogen and oxygen atoms in total. The highest BCUT2D eigenvalue weighted by molar-refractivity contribution is 6.08. The second-order valence-electron chi connectivity index (χ2n) is 9.83. The summed E-state index contributed by atoms with van der Waals surface area (Å²) in [5, 5.41) is 12.5. The van der Waals surface area contributed by atoms with E-state index < -0.39 is 28.8 Å². The molecule has 2 aliphatic heterocycles. The maximum atomic E-state index is 14.4. The Labute approximate surface area is 216 Å². The van der Waals surface area contributed by atoms with Crippen LogP contribution in [0.15, 0.2) is 53.5 Å². The Balaban J connectivity index is 1.39. The number of aromatic nitrogens is 4. The number of para-hydroxylation sites is 1. The molecule has 11 heteroatoms. The van der Waals surface area contributed by atoms with Gasteiger partial charge < -0.3 is 15.0 Å². The monoisotopic (exact) mass is 520 g/mol. The van der Waals surface area contributed by atoms with Crippen molar-refractivity contribution in [3.63, 3.8) is 0 Å². The number of anilines is 2. The molecule has 0 aliphatic carbocycles. The first kappa shape index (κ1) is 24.2. The highest BCUT2D eigenvalue weighted by Gasteiger charge is 2.27. The molecule has 6 rings (SSSR count). The molecule has 2 aromatic carbocycles. The van der Waals surface area contributed by atoms with Gasteiger partial charge in [-0.2, -0.15) is 14.9 Å². The van der Waals surface area contributed by atoms with E-state index in [1.165, 1.54) is 12.1 Å². The summed E-state index contributed by atoms with van der Waals surface area (Å²) >= 11 is 0. The summed E-state index contributed by atoms with van der Waals surface area (Å²) in [6.45, 7) is 5.15. The van der Waals surface area contributed by atoms with Crippen LogP contribution in [-0.4, -0.2) is 51.8 Å². The van der Waals surface area contributed by atoms with Crippen molar-refractivity contribution in [1.82, 2.24) is 19.6 Å². The molecule has 196 valence electrons. The first-order valence-corrected chi connectivity index (χ1v) is 12.6. The van der Waals surface area contributed by atoms with Gasteiger partial charge in [-0.05, 0) is 49.1 Å². The molecule has 0 bridgehead atoms. The average Bonchev–Trinajstić information content (AvgIpc) is 3.66. The molecular formula is C27H26F2N6O3. The van der Waals surface area contributed by atoms with Gasteiger partial charge in [-0.25, -0.2) is 8.78 Å². The summed E-state index contributed by atoms with van der Waals surface area (Å²) in [4.78, 5) is 28.0. The van der Waals surface area contributed by atoms with E-state index in [2.05, 4.69) is 27.3 Å². The molecule has 4 heterocycles. The predicted molar refractivity (Wildman–Crippen MR) is 138 cm³/mol. The lowest BCUT2D eigenvalue weighted by molar-refractivity contribution is 0.102. The normalized spacial score (nSPS) is 19.4. The van der Waals surface area contributed by atoms with Gasteiger partial charge in [0, 0.05) is 31.1 Å². The first-order chi connectivity index (χ1) is 18.4. The molecule has 0 spiro atoms. The van der Waals surface area contributed by atoms with Crippen LogP contribution in [0.3, 0.4) is 0 Å². The molecule has 2 aromatic heterocycles. The molecule has 2 aliphatic rings. The zero-order chi connectivity index (χ0) is 26.4. The average molecular weight is 521 g/mol. The quantitative estimate of drug-likeness (QED) is 0.429. The number of halogens is 2. The van der Waals surface area contributed by atoms with Gasteiger partial charge in [-0.15, -0.1) is 0 Å². The van der Waals surface area contributed by atoms with Crippen LogP contribution in [0.2, 0.25) is 0 Å². The first-order valence-electron chi connectivity index (χ1n) is 12.6. The second kappa shape index (κ2) is 9.64. The predicted octanol–water partition coefficient (Wildman–Crippen LogP) is 3.92. The second-order valence-corrected chi connectivity index (χ2v) is 9.83. The maximum absolute atomic E-state index is 14.4. The third-order valence-corrected chi connectivity index (χ3v) is 7.17. The van der Waals surface area contributed by atoms with Crippen molar-refractivity contribution in [3.05, 3.63) is 76.3 Å². The van der Waals surface area contributed by atoms with E-state index in [1.54, 1.807) is 0 Å². The summed E-state index contributed by atoms with van der Waals surface area (Å²) in [5.41, 5.74) is 0.821. The fourth-order valence-electron chi connectivity index (χ4n) is 5.26. The van der Waals surface area contributed by atoms with Crippen molar-refractivity contribution in [2.24, 2.45) is 5.92 Å². The molecular weight excluding hydrogens is 494 g/mol. The van der Waals surface area contributed by atoms with Crippen LogP contribution in [0.25, 0.3) is 16.6 Å². The Morgan fingerprint density at radius 2 is 1.89 bits per heavy atom. The summed E-state index contributed by atoms with van der Waals surface area (Å²) in [6, 6.07) is 9.44. The van der Waals surface area contributed by atoms with Crippen molar-refractivity contribution in [2.75, 3.05) is 36.5 Å². The lowest BCUT2D eigenvalue weighted by Crippen LogP contribution is -2.27. The van der Waals surface area contributed by atoms with Gasteiger partial charge in [0.15, 0.2) is 11.6 Å². The molecule has 2 atom stereocenters. The van der Waals surface area contributed by atoms with Gasteiger partial charge in [0.05, 0.1) is 35.7 Å². The Bertz CT molecular complexity index is 1570. The lowest BCUT2D eigenvalue weighted by atomic mass is 10.1. The van der Waals surface area contributed by atoms with Gasteiger partial charge in [-0.3, -0.25) is 14.3 Å². The van der Waals surface area contributed by atoms with Crippen LogP contribution >= 0.6 is 0 Å². The number of ether oxygens (including phenoxy) is 1. The minimum absolute atomic E-state index is 0.155. The number of fused-ring (bicyclic) bond motifs is 1. The SMILES string of the molecule is C[C@H]1CCN(c2c(NC(=O)c3ccc(=O)n(-c4c(F)cccc4F)n3)ccc3c2cnn3[C@H]2CCOC2)C1. The number of amides is 1. The molecule has 1 N–H and O–H groups in total. The minimum atomic E-state index is -0.960. The number of carbonyl (C=O) groups is 1. The lowest BCUT2D eigenvalue weighted by Gasteiger charge is -2.23. The third kappa shape index (κ3) is 4.22. The number of carbonyl (C=O) groups excluding carboxylic acids is 1. The molecule has 0 saturated carbocycles. The van der Waals surface area contributed by atoms with Crippen molar-refractivity contribution in [1.29, 1.82) is 0 Å². The molecule has 0 radical (unpaired) electrons. The van der Waals surface area contributed by atoms with E-state index in [0.717, 1.165) is 60.7 Å². The van der Waals surface area contributed by atoms with Gasteiger partial charge in [0.1, 0.15) is 11.4 Å². The number of rotatable bonds is 5. The van der Waals surface area contributed by atoms with E-state index in [1.807, 2.05) is 23.0 Å². The van der Waals surface area contributed by atoms with Gasteiger partial charge >= 0.3 is 0 Å². The summed E-state index contributed by atoms with van der Waals surface area (Å²) < 4.78 is 36.8. The number of nitrogens with zero attached hydrogens (tertiary/aromatic N) is 5. The van der Waals surface area contributed by atoms with Gasteiger partial charge in [-0.1, -0.05) is 13.0 Å². The highest BCUT2D eigenvalue weighted by atomic mass is 19.1. The van der Waals surface area contributed by atoms with Crippen LogP contribution in [0.1, 0.15) is 36.3 Å².